The molecule has 0 bridgehead atoms. The van der Waals surface area contributed by atoms with Gasteiger partial charge in [-0.2, -0.15) is 5.10 Å². The predicted octanol–water partition coefficient (Wildman–Crippen LogP) is 2.49. The number of nitrogens with zero attached hydrogens (tertiary/aromatic N) is 4. The van der Waals surface area contributed by atoms with Crippen LogP contribution in [0.5, 0.6) is 0 Å². The molecular formula is C21H29N5O2. The maximum absolute atomic E-state index is 12.7. The summed E-state index contributed by atoms with van der Waals surface area (Å²) in [5.74, 6) is 0.200. The Labute approximate surface area is 166 Å². The second kappa shape index (κ2) is 10.0. The molecule has 2 aromatic rings. The van der Waals surface area contributed by atoms with Gasteiger partial charge in [-0.15, -0.1) is 0 Å². The Bertz CT molecular complexity index is 750. The summed E-state index contributed by atoms with van der Waals surface area (Å²) in [7, 11) is 0. The molecule has 150 valence electrons. The first-order valence-corrected chi connectivity index (χ1v) is 10.2. The van der Waals surface area contributed by atoms with E-state index < -0.39 is 0 Å². The fraction of sp³-hybridized carbons (Fsp3) is 0.524. The highest BCUT2D eigenvalue weighted by Crippen LogP contribution is 2.19. The Morgan fingerprint density at radius 2 is 1.89 bits per heavy atom. The van der Waals surface area contributed by atoms with Crippen molar-refractivity contribution >= 4 is 11.8 Å². The molecule has 0 saturated carbocycles. The molecule has 1 aromatic heterocycles. The van der Waals surface area contributed by atoms with Crippen molar-refractivity contribution in [3.8, 4) is 0 Å². The van der Waals surface area contributed by atoms with E-state index in [-0.39, 0.29) is 17.7 Å². The number of hydrogen-bond donors (Lipinski definition) is 1. The number of carbonyl (C=O) groups excluding carboxylic acids is 2. The smallest absolute Gasteiger partial charge is 0.253 e. The number of nitrogens with one attached hydrogen (secondary N) is 1. The zero-order valence-electron chi connectivity index (χ0n) is 16.5. The minimum atomic E-state index is 0.0238. The topological polar surface area (TPSA) is 80.1 Å². The van der Waals surface area contributed by atoms with Crippen LogP contribution in [0.25, 0.3) is 0 Å². The Balaban J connectivity index is 1.46. The molecule has 1 N–H and O–H groups in total. The van der Waals surface area contributed by atoms with E-state index in [0.29, 0.717) is 25.2 Å². The molecule has 2 amide bonds. The van der Waals surface area contributed by atoms with Gasteiger partial charge in [0.1, 0.15) is 12.7 Å². The maximum atomic E-state index is 12.7. The summed E-state index contributed by atoms with van der Waals surface area (Å²) >= 11 is 0. The number of likely N-dealkylation sites (tertiary alicyclic amines) is 1. The lowest BCUT2D eigenvalue weighted by atomic mass is 9.95. The predicted molar refractivity (Wildman–Crippen MR) is 107 cm³/mol. The van der Waals surface area contributed by atoms with Crippen LogP contribution in [0.2, 0.25) is 0 Å². The van der Waals surface area contributed by atoms with Crippen molar-refractivity contribution in [3.05, 3.63) is 48.0 Å². The summed E-state index contributed by atoms with van der Waals surface area (Å²) in [6.45, 7) is 4.80. The van der Waals surface area contributed by atoms with Crippen LogP contribution in [0, 0.1) is 5.92 Å². The molecule has 0 radical (unpaired) electrons. The number of hydrogen-bond acceptors (Lipinski definition) is 4. The minimum Gasteiger partial charge on any atom is -0.356 e. The lowest BCUT2D eigenvalue weighted by Crippen LogP contribution is -2.43. The van der Waals surface area contributed by atoms with Crippen molar-refractivity contribution in [1.29, 1.82) is 0 Å². The first kappa shape index (κ1) is 20.0. The van der Waals surface area contributed by atoms with Crippen molar-refractivity contribution < 1.29 is 9.59 Å². The van der Waals surface area contributed by atoms with Crippen molar-refractivity contribution in [3.63, 3.8) is 0 Å². The third kappa shape index (κ3) is 5.41. The highest BCUT2D eigenvalue weighted by Gasteiger charge is 2.27. The summed E-state index contributed by atoms with van der Waals surface area (Å²) in [5, 5.41) is 7.12. The van der Waals surface area contributed by atoms with Gasteiger partial charge in [-0.25, -0.2) is 9.67 Å². The molecule has 3 rings (SSSR count). The summed E-state index contributed by atoms with van der Waals surface area (Å²) < 4.78 is 1.74. The molecule has 0 spiro atoms. The Morgan fingerprint density at radius 3 is 2.54 bits per heavy atom. The monoisotopic (exact) mass is 383 g/mol. The third-order valence-electron chi connectivity index (χ3n) is 5.24. The van der Waals surface area contributed by atoms with Crippen LogP contribution in [-0.4, -0.2) is 51.1 Å². The Morgan fingerprint density at radius 1 is 1.14 bits per heavy atom. The highest BCUT2D eigenvalue weighted by molar-refractivity contribution is 5.94. The number of benzene rings is 1. The van der Waals surface area contributed by atoms with Gasteiger partial charge in [0.25, 0.3) is 5.91 Å². The summed E-state index contributed by atoms with van der Waals surface area (Å²) in [5.41, 5.74) is 1.75. The molecule has 7 heteroatoms. The van der Waals surface area contributed by atoms with Crippen molar-refractivity contribution in [2.45, 2.75) is 45.6 Å². The van der Waals surface area contributed by atoms with Gasteiger partial charge in [-0.3, -0.25) is 9.59 Å². The van der Waals surface area contributed by atoms with Crippen molar-refractivity contribution in [1.82, 2.24) is 25.0 Å². The van der Waals surface area contributed by atoms with E-state index in [4.69, 9.17) is 0 Å². The first-order chi connectivity index (χ1) is 13.7. The molecule has 1 aromatic carbocycles. The van der Waals surface area contributed by atoms with E-state index in [1.165, 1.54) is 6.33 Å². The zero-order valence-corrected chi connectivity index (χ0v) is 16.5. The van der Waals surface area contributed by atoms with Crippen LogP contribution < -0.4 is 5.32 Å². The van der Waals surface area contributed by atoms with Crippen LogP contribution in [-0.2, 0) is 11.3 Å². The van der Waals surface area contributed by atoms with Crippen LogP contribution in [0.4, 0.5) is 0 Å². The normalized spacial score (nSPS) is 14.8. The molecule has 7 nitrogen and oxygen atoms in total. The van der Waals surface area contributed by atoms with E-state index in [1.54, 1.807) is 11.0 Å². The fourth-order valence-electron chi connectivity index (χ4n) is 3.51. The average molecular weight is 383 g/mol. The lowest BCUT2D eigenvalue weighted by molar-refractivity contribution is -0.126. The molecule has 1 saturated heterocycles. The molecule has 0 aliphatic carbocycles. The quantitative estimate of drug-likeness (QED) is 0.710. The van der Waals surface area contributed by atoms with E-state index in [2.05, 4.69) is 22.3 Å². The molecule has 1 fully saturated rings. The zero-order chi connectivity index (χ0) is 19.8. The van der Waals surface area contributed by atoms with Crippen LogP contribution in [0.3, 0.4) is 0 Å². The van der Waals surface area contributed by atoms with Gasteiger partial charge in [-0.05, 0) is 37.0 Å². The van der Waals surface area contributed by atoms with Gasteiger partial charge >= 0.3 is 0 Å². The van der Waals surface area contributed by atoms with Crippen molar-refractivity contribution in [2.24, 2.45) is 5.92 Å². The second-order valence-corrected chi connectivity index (χ2v) is 7.35. The SMILES string of the molecule is CCCCCNC(=O)C1CCN(C(=O)c2ccc(Cn3cncn3)cc2)CC1. The summed E-state index contributed by atoms with van der Waals surface area (Å²) in [6, 6.07) is 7.62. The van der Waals surface area contributed by atoms with Gasteiger partial charge < -0.3 is 10.2 Å². The number of carbonyl (C=O) groups is 2. The minimum absolute atomic E-state index is 0.0238. The average Bonchev–Trinajstić information content (AvgIpc) is 3.24. The molecule has 1 aliphatic rings. The molecule has 0 unspecified atom stereocenters. The number of piperidine rings is 1. The number of unbranched alkanes of at least 4 members (excludes halogenated alkanes) is 2. The van der Waals surface area contributed by atoms with Gasteiger partial charge in [0.05, 0.1) is 6.54 Å². The number of amides is 2. The van der Waals surface area contributed by atoms with Gasteiger partial charge in [0.15, 0.2) is 0 Å². The fourth-order valence-corrected chi connectivity index (χ4v) is 3.51. The second-order valence-electron chi connectivity index (χ2n) is 7.35. The van der Waals surface area contributed by atoms with E-state index in [0.717, 1.165) is 44.2 Å². The Hall–Kier alpha value is -2.70. The van der Waals surface area contributed by atoms with Gasteiger partial charge in [0, 0.05) is 31.1 Å². The van der Waals surface area contributed by atoms with Gasteiger partial charge in [-0.1, -0.05) is 31.9 Å². The van der Waals surface area contributed by atoms with E-state index in [9.17, 15) is 9.59 Å². The first-order valence-electron chi connectivity index (χ1n) is 10.2. The largest absolute Gasteiger partial charge is 0.356 e. The maximum Gasteiger partial charge on any atom is 0.253 e. The van der Waals surface area contributed by atoms with Crippen LogP contribution in [0.1, 0.15) is 54.9 Å². The molecule has 1 aliphatic heterocycles. The van der Waals surface area contributed by atoms with Crippen molar-refractivity contribution in [2.75, 3.05) is 19.6 Å². The van der Waals surface area contributed by atoms with Crippen LogP contribution in [0.15, 0.2) is 36.9 Å². The molecular weight excluding hydrogens is 354 g/mol. The molecule has 2 heterocycles. The number of aromatic nitrogens is 3. The summed E-state index contributed by atoms with van der Waals surface area (Å²) in [4.78, 5) is 30.8. The molecule has 28 heavy (non-hydrogen) atoms. The summed E-state index contributed by atoms with van der Waals surface area (Å²) in [6.07, 6.45) is 7.97. The lowest BCUT2D eigenvalue weighted by Gasteiger charge is -2.31. The molecule has 0 atom stereocenters. The highest BCUT2D eigenvalue weighted by atomic mass is 16.2. The number of rotatable bonds is 8. The van der Waals surface area contributed by atoms with Crippen LogP contribution >= 0.6 is 0 Å². The van der Waals surface area contributed by atoms with E-state index >= 15 is 0 Å². The Kier molecular flexibility index (Phi) is 7.17. The van der Waals surface area contributed by atoms with E-state index in [1.807, 2.05) is 29.2 Å². The third-order valence-corrected chi connectivity index (χ3v) is 5.24. The van der Waals surface area contributed by atoms with Gasteiger partial charge in [0.2, 0.25) is 5.91 Å². The standard InChI is InChI=1S/C21H29N5O2/c1-2-3-4-11-23-20(27)18-9-12-25(13-10-18)21(28)19-7-5-17(6-8-19)14-26-16-22-15-24-26/h5-8,15-16,18H,2-4,9-14H2,1H3,(H,23,27).